The van der Waals surface area contributed by atoms with Crippen molar-refractivity contribution in [1.29, 1.82) is 0 Å². The summed E-state index contributed by atoms with van der Waals surface area (Å²) in [6.07, 6.45) is 1.92. The minimum Gasteiger partial charge on any atom is -0.377 e. The molecule has 0 aliphatic rings. The predicted octanol–water partition coefficient (Wildman–Crippen LogP) is 4.41. The molecule has 0 aliphatic heterocycles. The molecule has 0 radical (unpaired) electrons. The number of nitrogens with one attached hydrogen (secondary N) is 1. The monoisotopic (exact) mass is 283 g/mol. The summed E-state index contributed by atoms with van der Waals surface area (Å²) in [7, 11) is 0. The van der Waals surface area contributed by atoms with E-state index in [9.17, 15) is 0 Å². The van der Waals surface area contributed by atoms with Crippen molar-refractivity contribution in [1.82, 2.24) is 4.98 Å². The van der Waals surface area contributed by atoms with E-state index in [4.69, 9.17) is 0 Å². The summed E-state index contributed by atoms with van der Waals surface area (Å²) in [5.74, 6) is 1.04. The van der Waals surface area contributed by atoms with Crippen LogP contribution in [0.15, 0.2) is 42.6 Å². The highest BCUT2D eigenvalue weighted by molar-refractivity contribution is 5.50. The van der Waals surface area contributed by atoms with Gasteiger partial charge < -0.3 is 10.2 Å². The summed E-state index contributed by atoms with van der Waals surface area (Å²) in [4.78, 5) is 6.80. The first-order valence-electron chi connectivity index (χ1n) is 7.68. The highest BCUT2D eigenvalue weighted by Crippen LogP contribution is 2.22. The first-order valence-corrected chi connectivity index (χ1v) is 7.68. The Bertz CT molecular complexity index is 559. The Hall–Kier alpha value is -2.03. The molecule has 112 valence electrons. The van der Waals surface area contributed by atoms with Gasteiger partial charge in [-0.2, -0.15) is 0 Å². The van der Waals surface area contributed by atoms with Crippen LogP contribution < -0.4 is 10.2 Å². The van der Waals surface area contributed by atoms with Gasteiger partial charge in [0.2, 0.25) is 0 Å². The number of anilines is 2. The quantitative estimate of drug-likeness (QED) is 0.851. The molecule has 0 aliphatic carbocycles. The van der Waals surface area contributed by atoms with Gasteiger partial charge in [-0.3, -0.25) is 0 Å². The van der Waals surface area contributed by atoms with Crippen molar-refractivity contribution in [3.63, 3.8) is 0 Å². The van der Waals surface area contributed by atoms with Crippen LogP contribution in [0.4, 0.5) is 11.5 Å². The number of nitrogens with zero attached hydrogens (tertiary/aromatic N) is 2. The van der Waals surface area contributed by atoms with Gasteiger partial charge in [0.15, 0.2) is 0 Å². The second kappa shape index (κ2) is 7.11. The molecule has 0 amide bonds. The van der Waals surface area contributed by atoms with Crippen LogP contribution in [0.5, 0.6) is 0 Å². The SMILES string of the molecule is CCN(CC)c1ccc(NC(C)c2ccccc2C)cn1. The van der Waals surface area contributed by atoms with Gasteiger partial charge in [-0.1, -0.05) is 24.3 Å². The molecule has 1 N–H and O–H groups in total. The molecule has 0 fully saturated rings. The molecule has 1 atom stereocenters. The van der Waals surface area contributed by atoms with Crippen LogP contribution in [0.1, 0.15) is 37.9 Å². The summed E-state index contributed by atoms with van der Waals surface area (Å²) in [6.45, 7) is 10.6. The lowest BCUT2D eigenvalue weighted by molar-refractivity contribution is 0.842. The van der Waals surface area contributed by atoms with Crippen LogP contribution in [0, 0.1) is 6.92 Å². The van der Waals surface area contributed by atoms with Gasteiger partial charge in [0.05, 0.1) is 11.9 Å². The minimum atomic E-state index is 0.271. The van der Waals surface area contributed by atoms with Crippen LogP contribution >= 0.6 is 0 Å². The lowest BCUT2D eigenvalue weighted by Crippen LogP contribution is -2.22. The number of aromatic nitrogens is 1. The fraction of sp³-hybridized carbons (Fsp3) is 0.389. The van der Waals surface area contributed by atoms with Crippen molar-refractivity contribution in [3.8, 4) is 0 Å². The number of hydrogen-bond acceptors (Lipinski definition) is 3. The molecule has 3 nitrogen and oxygen atoms in total. The number of benzene rings is 1. The van der Waals surface area contributed by atoms with E-state index in [2.05, 4.69) is 79.3 Å². The van der Waals surface area contributed by atoms with Gasteiger partial charge >= 0.3 is 0 Å². The third kappa shape index (κ3) is 3.75. The molecular weight excluding hydrogens is 258 g/mol. The Labute approximate surface area is 128 Å². The smallest absolute Gasteiger partial charge is 0.128 e. The van der Waals surface area contributed by atoms with Crippen molar-refractivity contribution in [3.05, 3.63) is 53.7 Å². The fourth-order valence-corrected chi connectivity index (χ4v) is 2.61. The molecule has 2 rings (SSSR count). The van der Waals surface area contributed by atoms with E-state index in [0.29, 0.717) is 0 Å². The lowest BCUT2D eigenvalue weighted by atomic mass is 10.0. The zero-order valence-electron chi connectivity index (χ0n) is 13.4. The van der Waals surface area contributed by atoms with E-state index in [-0.39, 0.29) is 6.04 Å². The van der Waals surface area contributed by atoms with Crippen LogP contribution in [-0.2, 0) is 0 Å². The molecular formula is C18H25N3. The maximum atomic E-state index is 4.55. The van der Waals surface area contributed by atoms with Crippen molar-refractivity contribution in [2.45, 2.75) is 33.7 Å². The Balaban J connectivity index is 2.08. The summed E-state index contributed by atoms with van der Waals surface area (Å²) in [5, 5.41) is 3.52. The van der Waals surface area contributed by atoms with Gasteiger partial charge in [-0.25, -0.2) is 4.98 Å². The number of aryl methyl sites for hydroxylation is 1. The van der Waals surface area contributed by atoms with Gasteiger partial charge in [0, 0.05) is 19.1 Å². The summed E-state index contributed by atoms with van der Waals surface area (Å²) >= 11 is 0. The molecule has 0 spiro atoms. The van der Waals surface area contributed by atoms with E-state index in [1.165, 1.54) is 11.1 Å². The van der Waals surface area contributed by atoms with Crippen LogP contribution in [0.3, 0.4) is 0 Å². The van der Waals surface area contributed by atoms with E-state index >= 15 is 0 Å². The average molecular weight is 283 g/mol. The molecule has 1 unspecified atom stereocenters. The van der Waals surface area contributed by atoms with Crippen molar-refractivity contribution < 1.29 is 0 Å². The number of pyridine rings is 1. The molecule has 0 saturated carbocycles. The molecule has 1 aromatic carbocycles. The standard InChI is InChI=1S/C18H25N3/c1-5-21(6-2)18-12-11-16(13-19-18)20-15(4)17-10-8-7-9-14(17)3/h7-13,15,20H,5-6H2,1-4H3. The third-order valence-corrected chi connectivity index (χ3v) is 3.87. The van der Waals surface area contributed by atoms with E-state index in [1.807, 2.05) is 6.20 Å². The van der Waals surface area contributed by atoms with E-state index in [1.54, 1.807) is 0 Å². The molecule has 21 heavy (non-hydrogen) atoms. The second-order valence-electron chi connectivity index (χ2n) is 5.30. The fourth-order valence-electron chi connectivity index (χ4n) is 2.61. The zero-order chi connectivity index (χ0) is 15.2. The molecule has 1 heterocycles. The summed E-state index contributed by atoms with van der Waals surface area (Å²) in [6, 6.07) is 12.9. The molecule has 3 heteroatoms. The van der Waals surface area contributed by atoms with E-state index < -0.39 is 0 Å². The molecule has 0 saturated heterocycles. The van der Waals surface area contributed by atoms with Gasteiger partial charge in [0.25, 0.3) is 0 Å². The van der Waals surface area contributed by atoms with Crippen LogP contribution in [-0.4, -0.2) is 18.1 Å². The van der Waals surface area contributed by atoms with Crippen LogP contribution in [0.2, 0.25) is 0 Å². The number of rotatable bonds is 6. The maximum Gasteiger partial charge on any atom is 0.128 e. The minimum absolute atomic E-state index is 0.271. The highest BCUT2D eigenvalue weighted by Gasteiger charge is 2.08. The van der Waals surface area contributed by atoms with Gasteiger partial charge in [-0.05, 0) is 51.0 Å². The maximum absolute atomic E-state index is 4.55. The summed E-state index contributed by atoms with van der Waals surface area (Å²) < 4.78 is 0. The first kappa shape index (κ1) is 15.4. The Morgan fingerprint density at radius 3 is 2.38 bits per heavy atom. The number of hydrogen-bond donors (Lipinski definition) is 1. The Morgan fingerprint density at radius 1 is 1.10 bits per heavy atom. The second-order valence-corrected chi connectivity index (χ2v) is 5.30. The first-order chi connectivity index (χ1) is 10.2. The molecule has 1 aromatic heterocycles. The normalized spacial score (nSPS) is 12.0. The predicted molar refractivity (Wildman–Crippen MR) is 91.0 cm³/mol. The van der Waals surface area contributed by atoms with Crippen molar-refractivity contribution in [2.24, 2.45) is 0 Å². The average Bonchev–Trinajstić information content (AvgIpc) is 2.50. The Morgan fingerprint density at radius 2 is 1.81 bits per heavy atom. The zero-order valence-corrected chi connectivity index (χ0v) is 13.4. The third-order valence-electron chi connectivity index (χ3n) is 3.87. The van der Waals surface area contributed by atoms with Crippen LogP contribution in [0.25, 0.3) is 0 Å². The summed E-state index contributed by atoms with van der Waals surface area (Å²) in [5.41, 5.74) is 3.69. The van der Waals surface area contributed by atoms with Gasteiger partial charge in [0.1, 0.15) is 5.82 Å². The largest absolute Gasteiger partial charge is 0.377 e. The van der Waals surface area contributed by atoms with E-state index in [0.717, 1.165) is 24.6 Å². The highest BCUT2D eigenvalue weighted by atomic mass is 15.2. The van der Waals surface area contributed by atoms with Crippen molar-refractivity contribution >= 4 is 11.5 Å². The molecule has 2 aromatic rings. The lowest BCUT2D eigenvalue weighted by Gasteiger charge is -2.21. The topological polar surface area (TPSA) is 28.2 Å². The van der Waals surface area contributed by atoms with Crippen molar-refractivity contribution in [2.75, 3.05) is 23.3 Å². The van der Waals surface area contributed by atoms with Gasteiger partial charge in [-0.15, -0.1) is 0 Å². The molecule has 0 bridgehead atoms. The Kier molecular flexibility index (Phi) is 5.20.